The molecule has 0 spiro atoms. The smallest absolute Gasteiger partial charge is 0.271 e. The van der Waals surface area contributed by atoms with Crippen LogP contribution in [-0.2, 0) is 14.8 Å². The van der Waals surface area contributed by atoms with E-state index in [9.17, 15) is 18.0 Å². The van der Waals surface area contributed by atoms with E-state index >= 15 is 0 Å². The summed E-state index contributed by atoms with van der Waals surface area (Å²) in [6.07, 6.45) is 1.36. The van der Waals surface area contributed by atoms with Crippen LogP contribution in [-0.4, -0.2) is 26.8 Å². The van der Waals surface area contributed by atoms with Gasteiger partial charge in [-0.05, 0) is 61.0 Å². The third-order valence-electron chi connectivity index (χ3n) is 4.70. The minimum atomic E-state index is -3.74. The van der Waals surface area contributed by atoms with Crippen LogP contribution >= 0.6 is 22.9 Å². The Labute approximate surface area is 188 Å². The quantitative estimate of drug-likeness (QED) is 0.545. The number of carbonyl (C=O) groups excluding carboxylic acids is 2. The lowest BCUT2D eigenvalue weighted by Gasteiger charge is -2.16. The number of nitrogens with one attached hydrogen (secondary N) is 2. The molecule has 2 N–H and O–H groups in total. The Morgan fingerprint density at radius 1 is 1.03 bits per heavy atom. The van der Waals surface area contributed by atoms with Gasteiger partial charge in [-0.3, -0.25) is 14.3 Å². The molecule has 2 amide bonds. The molecule has 10 heteroatoms. The highest BCUT2D eigenvalue weighted by atomic mass is 35.5. The molecule has 1 aromatic heterocycles. The number of rotatable bonds is 6. The van der Waals surface area contributed by atoms with Gasteiger partial charge in [0.2, 0.25) is 5.91 Å². The van der Waals surface area contributed by atoms with E-state index in [1.165, 1.54) is 36.4 Å². The number of nitrogens with zero attached hydrogens (tertiary/aromatic N) is 1. The van der Waals surface area contributed by atoms with Gasteiger partial charge in [-0.2, -0.15) is 0 Å². The molecule has 1 aliphatic heterocycles. The van der Waals surface area contributed by atoms with Crippen LogP contribution in [0, 0.1) is 0 Å². The molecule has 0 atom stereocenters. The van der Waals surface area contributed by atoms with Gasteiger partial charge in [-0.15, -0.1) is 11.3 Å². The number of thiophene rings is 1. The van der Waals surface area contributed by atoms with Crippen molar-refractivity contribution in [2.75, 3.05) is 21.5 Å². The molecular formula is C21H18ClN3O4S2. The van der Waals surface area contributed by atoms with Crippen LogP contribution in [0.25, 0.3) is 0 Å². The van der Waals surface area contributed by atoms with E-state index in [2.05, 4.69) is 10.0 Å². The number of carbonyl (C=O) groups is 2. The van der Waals surface area contributed by atoms with Crippen LogP contribution in [0.5, 0.6) is 0 Å². The van der Waals surface area contributed by atoms with Crippen molar-refractivity contribution in [3.63, 3.8) is 0 Å². The molecule has 2 heterocycles. The van der Waals surface area contributed by atoms with Gasteiger partial charge in [0.15, 0.2) is 0 Å². The van der Waals surface area contributed by atoms with Crippen molar-refractivity contribution < 1.29 is 18.0 Å². The Morgan fingerprint density at radius 2 is 1.81 bits per heavy atom. The van der Waals surface area contributed by atoms with Gasteiger partial charge in [-0.25, -0.2) is 8.42 Å². The SMILES string of the molecule is O=C(Nc1cccc(N2CCCC2=O)c1)c1ccc(NS(=O)(=O)c2ccc(Cl)s2)cc1. The van der Waals surface area contributed by atoms with E-state index in [1.54, 1.807) is 23.1 Å². The van der Waals surface area contributed by atoms with E-state index in [4.69, 9.17) is 11.6 Å². The predicted octanol–water partition coefficient (Wildman–Crippen LogP) is 4.58. The zero-order valence-corrected chi connectivity index (χ0v) is 18.6. The summed E-state index contributed by atoms with van der Waals surface area (Å²) in [5, 5.41) is 2.80. The summed E-state index contributed by atoms with van der Waals surface area (Å²) in [5.74, 6) is -0.268. The summed E-state index contributed by atoms with van der Waals surface area (Å²) < 4.78 is 27.7. The minimum absolute atomic E-state index is 0.0753. The van der Waals surface area contributed by atoms with Gasteiger partial charge in [0.1, 0.15) is 4.21 Å². The Balaban J connectivity index is 1.44. The number of hydrogen-bond acceptors (Lipinski definition) is 5. The van der Waals surface area contributed by atoms with Gasteiger partial charge in [0.25, 0.3) is 15.9 Å². The summed E-state index contributed by atoms with van der Waals surface area (Å²) in [7, 11) is -3.74. The molecule has 1 saturated heterocycles. The molecule has 0 radical (unpaired) electrons. The fourth-order valence-corrected chi connectivity index (χ4v) is 5.75. The number of hydrogen-bond donors (Lipinski definition) is 2. The average molecular weight is 476 g/mol. The summed E-state index contributed by atoms with van der Waals surface area (Å²) in [5.41, 5.74) is 2.01. The first kappa shape index (κ1) is 21.4. The number of amides is 2. The average Bonchev–Trinajstić information content (AvgIpc) is 3.37. The van der Waals surface area contributed by atoms with Crippen molar-refractivity contribution in [1.82, 2.24) is 0 Å². The zero-order chi connectivity index (χ0) is 22.0. The van der Waals surface area contributed by atoms with Crippen molar-refractivity contribution in [3.05, 3.63) is 70.6 Å². The Bertz CT molecular complexity index is 1240. The van der Waals surface area contributed by atoms with Crippen molar-refractivity contribution >= 4 is 61.8 Å². The largest absolute Gasteiger partial charge is 0.322 e. The van der Waals surface area contributed by atoms with Crippen molar-refractivity contribution in [3.8, 4) is 0 Å². The molecule has 0 unspecified atom stereocenters. The molecule has 0 aliphatic carbocycles. The molecule has 1 aliphatic rings. The van der Waals surface area contributed by atoms with Gasteiger partial charge in [-0.1, -0.05) is 17.7 Å². The summed E-state index contributed by atoms with van der Waals surface area (Å²) in [4.78, 5) is 26.2. The van der Waals surface area contributed by atoms with Crippen LogP contribution < -0.4 is 14.9 Å². The highest BCUT2D eigenvalue weighted by molar-refractivity contribution is 7.94. The van der Waals surface area contributed by atoms with Crippen LogP contribution in [0.15, 0.2) is 64.9 Å². The highest BCUT2D eigenvalue weighted by Crippen LogP contribution is 2.28. The molecule has 160 valence electrons. The van der Waals surface area contributed by atoms with E-state index in [0.717, 1.165) is 23.4 Å². The van der Waals surface area contributed by atoms with Gasteiger partial charge < -0.3 is 10.2 Å². The van der Waals surface area contributed by atoms with E-state index in [-0.39, 0.29) is 16.0 Å². The zero-order valence-electron chi connectivity index (χ0n) is 16.2. The first-order valence-electron chi connectivity index (χ1n) is 9.42. The lowest BCUT2D eigenvalue weighted by Crippen LogP contribution is -2.23. The van der Waals surface area contributed by atoms with Gasteiger partial charge >= 0.3 is 0 Å². The first-order chi connectivity index (χ1) is 14.8. The molecule has 31 heavy (non-hydrogen) atoms. The lowest BCUT2D eigenvalue weighted by atomic mass is 10.2. The molecular weight excluding hydrogens is 458 g/mol. The standard InChI is InChI=1S/C21H18ClN3O4S2/c22-18-10-11-20(30-18)31(28,29)24-15-8-6-14(7-9-15)21(27)23-16-3-1-4-17(13-16)25-12-2-5-19(25)26/h1,3-4,6-11,13,24H,2,5,12H2,(H,23,27). The summed E-state index contributed by atoms with van der Waals surface area (Å²) in [6, 6.07) is 16.2. The Hall–Kier alpha value is -2.88. The van der Waals surface area contributed by atoms with Crippen LogP contribution in [0.2, 0.25) is 4.34 Å². The molecule has 7 nitrogen and oxygen atoms in total. The second kappa shape index (κ2) is 8.70. The molecule has 0 saturated carbocycles. The first-order valence-corrected chi connectivity index (χ1v) is 12.1. The molecule has 3 aromatic rings. The van der Waals surface area contributed by atoms with Crippen molar-refractivity contribution in [1.29, 1.82) is 0 Å². The summed E-state index contributed by atoms with van der Waals surface area (Å²) >= 11 is 6.77. The predicted molar refractivity (Wildman–Crippen MR) is 123 cm³/mol. The summed E-state index contributed by atoms with van der Waals surface area (Å²) in [6.45, 7) is 0.672. The molecule has 0 bridgehead atoms. The number of benzene rings is 2. The number of sulfonamides is 1. The maximum atomic E-state index is 12.6. The van der Waals surface area contributed by atoms with Crippen LogP contribution in [0.3, 0.4) is 0 Å². The minimum Gasteiger partial charge on any atom is -0.322 e. The van der Waals surface area contributed by atoms with Crippen LogP contribution in [0.1, 0.15) is 23.2 Å². The Morgan fingerprint density at radius 3 is 2.45 bits per heavy atom. The molecule has 2 aromatic carbocycles. The lowest BCUT2D eigenvalue weighted by molar-refractivity contribution is -0.117. The second-order valence-corrected chi connectivity index (χ2v) is 10.5. The monoisotopic (exact) mass is 475 g/mol. The molecule has 4 rings (SSSR count). The Kier molecular flexibility index (Phi) is 5.99. The maximum absolute atomic E-state index is 12.6. The fourth-order valence-electron chi connectivity index (χ4n) is 3.21. The number of anilines is 3. The second-order valence-electron chi connectivity index (χ2n) is 6.89. The van der Waals surface area contributed by atoms with Crippen molar-refractivity contribution in [2.45, 2.75) is 17.1 Å². The highest BCUT2D eigenvalue weighted by Gasteiger charge is 2.22. The third-order valence-corrected chi connectivity index (χ3v) is 7.81. The van der Waals surface area contributed by atoms with Crippen LogP contribution in [0.4, 0.5) is 17.1 Å². The fraction of sp³-hybridized carbons (Fsp3) is 0.143. The van der Waals surface area contributed by atoms with E-state index in [0.29, 0.717) is 34.2 Å². The normalized spacial score (nSPS) is 14.0. The van der Waals surface area contributed by atoms with Gasteiger partial charge in [0, 0.05) is 35.6 Å². The maximum Gasteiger partial charge on any atom is 0.271 e. The van der Waals surface area contributed by atoms with Crippen molar-refractivity contribution in [2.24, 2.45) is 0 Å². The molecule has 1 fully saturated rings. The van der Waals surface area contributed by atoms with Gasteiger partial charge in [0.05, 0.1) is 4.34 Å². The third kappa shape index (κ3) is 4.90. The topological polar surface area (TPSA) is 95.6 Å². The number of halogens is 1. The van der Waals surface area contributed by atoms with E-state index < -0.39 is 10.0 Å². The van der Waals surface area contributed by atoms with E-state index in [1.807, 2.05) is 6.07 Å².